The molecule has 1 atom stereocenters. The molecule has 6 heteroatoms. The monoisotopic (exact) mass is 359 g/mol. The van der Waals surface area contributed by atoms with Gasteiger partial charge < -0.3 is 9.30 Å². The minimum Gasteiger partial charge on any atom is -0.497 e. The highest BCUT2D eigenvalue weighted by atomic mass is 32.2. The van der Waals surface area contributed by atoms with Crippen LogP contribution in [0.5, 0.6) is 5.75 Å². The molecule has 0 spiro atoms. The van der Waals surface area contributed by atoms with E-state index in [1.807, 2.05) is 19.1 Å². The van der Waals surface area contributed by atoms with Gasteiger partial charge in [0.15, 0.2) is 5.16 Å². The maximum Gasteiger partial charge on any atom is 0.191 e. The number of nitrogens with zero attached hydrogens (tertiary/aromatic N) is 3. The molecular formula is C18H21N3OS2. The second kappa shape index (κ2) is 7.85. The molecule has 0 aliphatic heterocycles. The zero-order valence-electron chi connectivity index (χ0n) is 14.1. The average Bonchev–Trinajstić information content (AvgIpc) is 3.23. The molecule has 0 N–H and O–H groups in total. The molecule has 1 aromatic carbocycles. The predicted molar refractivity (Wildman–Crippen MR) is 100 cm³/mol. The Bertz CT molecular complexity index is 783. The Hall–Kier alpha value is -1.79. The van der Waals surface area contributed by atoms with Gasteiger partial charge in [-0.3, -0.25) is 0 Å². The van der Waals surface area contributed by atoms with Gasteiger partial charge in [0.05, 0.1) is 7.11 Å². The molecule has 0 saturated heterocycles. The van der Waals surface area contributed by atoms with Crippen LogP contribution in [0.2, 0.25) is 0 Å². The topological polar surface area (TPSA) is 39.9 Å². The number of thioether (sulfide) groups is 1. The van der Waals surface area contributed by atoms with Crippen molar-refractivity contribution in [2.24, 2.45) is 0 Å². The summed E-state index contributed by atoms with van der Waals surface area (Å²) in [5, 5.41) is 12.0. The van der Waals surface area contributed by atoms with Gasteiger partial charge in [-0.1, -0.05) is 30.0 Å². The zero-order valence-corrected chi connectivity index (χ0v) is 15.7. The molecule has 126 valence electrons. The van der Waals surface area contributed by atoms with E-state index >= 15 is 0 Å². The Morgan fingerprint density at radius 1 is 1.25 bits per heavy atom. The lowest BCUT2D eigenvalue weighted by Gasteiger charge is -2.13. The first-order chi connectivity index (χ1) is 11.7. The van der Waals surface area contributed by atoms with E-state index in [0.29, 0.717) is 0 Å². The number of rotatable bonds is 7. The maximum absolute atomic E-state index is 5.32. The Morgan fingerprint density at radius 2 is 2.12 bits per heavy atom. The SMILES string of the molecule is COc1cccc(C(C)Sc2nnc(C)n2CCc2cccs2)c1. The second-order valence-electron chi connectivity index (χ2n) is 5.55. The highest BCUT2D eigenvalue weighted by Gasteiger charge is 2.15. The summed E-state index contributed by atoms with van der Waals surface area (Å²) in [6, 6.07) is 12.5. The summed E-state index contributed by atoms with van der Waals surface area (Å²) in [5.41, 5.74) is 1.23. The number of aryl methyl sites for hydroxylation is 2. The molecule has 2 heterocycles. The smallest absolute Gasteiger partial charge is 0.191 e. The van der Waals surface area contributed by atoms with Crippen LogP contribution in [-0.2, 0) is 13.0 Å². The normalized spacial score (nSPS) is 12.3. The molecule has 0 saturated carbocycles. The minimum atomic E-state index is 0.282. The Kier molecular flexibility index (Phi) is 5.58. The zero-order chi connectivity index (χ0) is 16.9. The quantitative estimate of drug-likeness (QED) is 0.571. The molecule has 0 amide bonds. The Balaban J connectivity index is 1.72. The highest BCUT2D eigenvalue weighted by molar-refractivity contribution is 7.99. The number of hydrogen-bond acceptors (Lipinski definition) is 5. The van der Waals surface area contributed by atoms with Gasteiger partial charge in [0, 0.05) is 16.7 Å². The molecule has 0 bridgehead atoms. The van der Waals surface area contributed by atoms with Gasteiger partial charge >= 0.3 is 0 Å². The second-order valence-corrected chi connectivity index (χ2v) is 7.89. The summed E-state index contributed by atoms with van der Waals surface area (Å²) in [5.74, 6) is 1.85. The van der Waals surface area contributed by atoms with Crippen LogP contribution in [0.15, 0.2) is 46.9 Å². The molecule has 3 rings (SSSR count). The molecule has 0 radical (unpaired) electrons. The largest absolute Gasteiger partial charge is 0.497 e. The lowest BCUT2D eigenvalue weighted by molar-refractivity contribution is 0.414. The summed E-state index contributed by atoms with van der Waals surface area (Å²) in [4.78, 5) is 1.39. The third-order valence-corrected chi connectivity index (χ3v) is 5.98. The van der Waals surface area contributed by atoms with Crippen LogP contribution in [0, 0.1) is 6.92 Å². The number of methoxy groups -OCH3 is 1. The molecule has 0 aliphatic rings. The van der Waals surface area contributed by atoms with Crippen LogP contribution < -0.4 is 4.74 Å². The van der Waals surface area contributed by atoms with Crippen LogP contribution in [0.25, 0.3) is 0 Å². The van der Waals surface area contributed by atoms with Crippen molar-refractivity contribution >= 4 is 23.1 Å². The fourth-order valence-electron chi connectivity index (χ4n) is 2.50. The van der Waals surface area contributed by atoms with E-state index < -0.39 is 0 Å². The minimum absolute atomic E-state index is 0.282. The summed E-state index contributed by atoms with van der Waals surface area (Å²) in [7, 11) is 1.70. The third-order valence-electron chi connectivity index (χ3n) is 3.91. The van der Waals surface area contributed by atoms with E-state index in [-0.39, 0.29) is 5.25 Å². The molecule has 24 heavy (non-hydrogen) atoms. The van der Waals surface area contributed by atoms with Gasteiger partial charge in [-0.25, -0.2) is 0 Å². The van der Waals surface area contributed by atoms with Crippen LogP contribution in [0.1, 0.15) is 28.4 Å². The van der Waals surface area contributed by atoms with E-state index in [0.717, 1.165) is 29.7 Å². The van der Waals surface area contributed by atoms with Crippen molar-refractivity contribution in [3.05, 3.63) is 58.0 Å². The van der Waals surface area contributed by atoms with E-state index in [1.165, 1.54) is 10.4 Å². The van der Waals surface area contributed by atoms with Crippen LogP contribution in [-0.4, -0.2) is 21.9 Å². The standard InChI is InChI=1S/C18H21N3OS2/c1-13(15-6-4-7-16(12-15)22-3)24-18-20-19-14(2)21(18)10-9-17-8-5-11-23-17/h4-8,11-13H,9-10H2,1-3H3. The van der Waals surface area contributed by atoms with E-state index in [4.69, 9.17) is 4.74 Å². The van der Waals surface area contributed by atoms with Crippen molar-refractivity contribution in [3.63, 3.8) is 0 Å². The van der Waals surface area contributed by atoms with Crippen molar-refractivity contribution in [2.75, 3.05) is 7.11 Å². The van der Waals surface area contributed by atoms with Gasteiger partial charge in [0.2, 0.25) is 0 Å². The lowest BCUT2D eigenvalue weighted by atomic mass is 10.1. The number of aromatic nitrogens is 3. The van der Waals surface area contributed by atoms with Crippen molar-refractivity contribution < 1.29 is 4.74 Å². The van der Waals surface area contributed by atoms with Crippen LogP contribution >= 0.6 is 23.1 Å². The van der Waals surface area contributed by atoms with Crippen molar-refractivity contribution in [3.8, 4) is 5.75 Å². The molecule has 0 aliphatic carbocycles. The van der Waals surface area contributed by atoms with Gasteiger partial charge in [0.1, 0.15) is 11.6 Å². The van der Waals surface area contributed by atoms with Crippen molar-refractivity contribution in [2.45, 2.75) is 37.2 Å². The molecule has 4 nitrogen and oxygen atoms in total. The summed E-state index contributed by atoms with van der Waals surface area (Å²) in [6.45, 7) is 5.11. The number of hydrogen-bond donors (Lipinski definition) is 0. The van der Waals surface area contributed by atoms with Gasteiger partial charge in [-0.2, -0.15) is 0 Å². The molecule has 3 aromatic rings. The number of benzene rings is 1. The first-order valence-electron chi connectivity index (χ1n) is 7.90. The van der Waals surface area contributed by atoms with E-state index in [9.17, 15) is 0 Å². The molecule has 2 aromatic heterocycles. The van der Waals surface area contributed by atoms with Crippen LogP contribution in [0.4, 0.5) is 0 Å². The molecular weight excluding hydrogens is 338 g/mol. The first kappa shape index (κ1) is 17.0. The fourth-order valence-corrected chi connectivity index (χ4v) is 4.24. The first-order valence-corrected chi connectivity index (χ1v) is 9.66. The molecule has 0 fully saturated rings. The number of ether oxygens (including phenoxy) is 1. The van der Waals surface area contributed by atoms with Gasteiger partial charge in [-0.15, -0.1) is 21.5 Å². The average molecular weight is 360 g/mol. The Labute approximate surface area is 150 Å². The Morgan fingerprint density at radius 3 is 2.88 bits per heavy atom. The predicted octanol–water partition coefficient (Wildman–Crippen LogP) is 4.75. The van der Waals surface area contributed by atoms with Crippen LogP contribution in [0.3, 0.4) is 0 Å². The van der Waals surface area contributed by atoms with Gasteiger partial charge in [-0.05, 0) is 49.4 Å². The van der Waals surface area contributed by atoms with Crippen molar-refractivity contribution in [1.29, 1.82) is 0 Å². The van der Waals surface area contributed by atoms with E-state index in [2.05, 4.69) is 51.3 Å². The van der Waals surface area contributed by atoms with Gasteiger partial charge in [0.25, 0.3) is 0 Å². The highest BCUT2D eigenvalue weighted by Crippen LogP contribution is 2.35. The van der Waals surface area contributed by atoms with E-state index in [1.54, 1.807) is 30.2 Å². The summed E-state index contributed by atoms with van der Waals surface area (Å²) < 4.78 is 7.53. The molecule has 1 unspecified atom stereocenters. The lowest BCUT2D eigenvalue weighted by Crippen LogP contribution is -2.05. The fraction of sp³-hybridized carbons (Fsp3) is 0.333. The summed E-state index contributed by atoms with van der Waals surface area (Å²) in [6.07, 6.45) is 1.01. The maximum atomic E-state index is 5.32. The summed E-state index contributed by atoms with van der Waals surface area (Å²) >= 11 is 3.53. The number of thiophene rings is 1. The van der Waals surface area contributed by atoms with Crippen molar-refractivity contribution in [1.82, 2.24) is 14.8 Å². The third kappa shape index (κ3) is 3.99.